The van der Waals surface area contributed by atoms with Crippen LogP contribution < -0.4 is 11.1 Å². The summed E-state index contributed by atoms with van der Waals surface area (Å²) in [6.45, 7) is 0.413. The monoisotopic (exact) mass is 242 g/mol. The van der Waals surface area contributed by atoms with Crippen LogP contribution >= 0.6 is 0 Å². The molecular formula is C13H14N4O. The molecule has 0 saturated heterocycles. The van der Waals surface area contributed by atoms with Gasteiger partial charge in [0.2, 0.25) is 5.91 Å². The quantitative estimate of drug-likeness (QED) is 0.781. The molecule has 5 nitrogen and oxygen atoms in total. The first kappa shape index (κ1) is 12.0. The van der Waals surface area contributed by atoms with Gasteiger partial charge in [0.1, 0.15) is 6.33 Å². The van der Waals surface area contributed by atoms with Gasteiger partial charge >= 0.3 is 0 Å². The van der Waals surface area contributed by atoms with Crippen LogP contribution in [0, 0.1) is 0 Å². The summed E-state index contributed by atoms with van der Waals surface area (Å²) in [5, 5.41) is 2.80. The van der Waals surface area contributed by atoms with Crippen LogP contribution in [0.1, 0.15) is 11.3 Å². The molecule has 0 spiro atoms. The lowest BCUT2D eigenvalue weighted by atomic mass is 10.1. The second-order valence-electron chi connectivity index (χ2n) is 3.90. The van der Waals surface area contributed by atoms with Crippen molar-refractivity contribution in [3.63, 3.8) is 0 Å². The number of nitrogens with one attached hydrogen (secondary N) is 1. The molecule has 3 N–H and O–H groups in total. The summed E-state index contributed by atoms with van der Waals surface area (Å²) in [6, 6.07) is 9.03. The molecule has 1 amide bonds. The van der Waals surface area contributed by atoms with E-state index in [9.17, 15) is 4.79 Å². The molecule has 5 heteroatoms. The Hall–Kier alpha value is -2.43. The van der Waals surface area contributed by atoms with E-state index in [2.05, 4.69) is 15.3 Å². The number of carbonyl (C=O) groups is 1. The van der Waals surface area contributed by atoms with E-state index in [1.165, 1.54) is 6.33 Å². The number of aromatic nitrogens is 2. The SMILES string of the molecule is Nc1ccc(CC(=O)NCc2ccncn2)cc1. The maximum atomic E-state index is 11.7. The molecule has 0 radical (unpaired) electrons. The molecular weight excluding hydrogens is 228 g/mol. The standard InChI is InChI=1S/C13H14N4O/c14-11-3-1-10(2-4-11)7-13(18)16-8-12-5-6-15-9-17-12/h1-6,9H,7-8,14H2,(H,16,18). The van der Waals surface area contributed by atoms with Crippen molar-refractivity contribution in [2.45, 2.75) is 13.0 Å². The van der Waals surface area contributed by atoms with E-state index >= 15 is 0 Å². The second kappa shape index (κ2) is 5.77. The first-order valence-corrected chi connectivity index (χ1v) is 5.60. The Morgan fingerprint density at radius 3 is 2.67 bits per heavy atom. The van der Waals surface area contributed by atoms with Crippen molar-refractivity contribution in [3.05, 3.63) is 54.1 Å². The third-order valence-electron chi connectivity index (χ3n) is 2.45. The van der Waals surface area contributed by atoms with Crippen LogP contribution in [0.25, 0.3) is 0 Å². The lowest BCUT2D eigenvalue weighted by molar-refractivity contribution is -0.120. The molecule has 1 aromatic heterocycles. The zero-order chi connectivity index (χ0) is 12.8. The molecule has 2 aromatic rings. The van der Waals surface area contributed by atoms with Crippen molar-refractivity contribution in [3.8, 4) is 0 Å². The molecule has 18 heavy (non-hydrogen) atoms. The Labute approximate surface area is 105 Å². The Bertz CT molecular complexity index is 510. The highest BCUT2D eigenvalue weighted by atomic mass is 16.1. The number of carbonyl (C=O) groups excluding carboxylic acids is 1. The Morgan fingerprint density at radius 1 is 1.22 bits per heavy atom. The summed E-state index contributed by atoms with van der Waals surface area (Å²) in [5.41, 5.74) is 7.99. The fraction of sp³-hybridized carbons (Fsp3) is 0.154. The fourth-order valence-electron chi connectivity index (χ4n) is 1.50. The first-order chi connectivity index (χ1) is 8.74. The van der Waals surface area contributed by atoms with Gasteiger partial charge in [-0.3, -0.25) is 4.79 Å². The van der Waals surface area contributed by atoms with Crippen molar-refractivity contribution in [1.29, 1.82) is 0 Å². The van der Waals surface area contributed by atoms with Crippen LogP contribution in [-0.4, -0.2) is 15.9 Å². The summed E-state index contributed by atoms with van der Waals surface area (Å²) in [7, 11) is 0. The molecule has 0 unspecified atom stereocenters. The number of benzene rings is 1. The van der Waals surface area contributed by atoms with Crippen LogP contribution in [0.2, 0.25) is 0 Å². The van der Waals surface area contributed by atoms with Gasteiger partial charge in [0, 0.05) is 11.9 Å². The Balaban J connectivity index is 1.84. The lowest BCUT2D eigenvalue weighted by Crippen LogP contribution is -2.24. The van der Waals surface area contributed by atoms with Crippen LogP contribution in [0.4, 0.5) is 5.69 Å². The van der Waals surface area contributed by atoms with Crippen LogP contribution in [0.5, 0.6) is 0 Å². The van der Waals surface area contributed by atoms with Gasteiger partial charge in [-0.15, -0.1) is 0 Å². The zero-order valence-corrected chi connectivity index (χ0v) is 9.84. The van der Waals surface area contributed by atoms with Gasteiger partial charge in [0.05, 0.1) is 18.7 Å². The molecule has 1 aromatic carbocycles. The van der Waals surface area contributed by atoms with Crippen LogP contribution in [-0.2, 0) is 17.8 Å². The van der Waals surface area contributed by atoms with E-state index in [4.69, 9.17) is 5.73 Å². The molecule has 92 valence electrons. The van der Waals surface area contributed by atoms with Crippen LogP contribution in [0.3, 0.4) is 0 Å². The number of nitrogens with zero attached hydrogens (tertiary/aromatic N) is 2. The molecule has 1 heterocycles. The number of nitrogens with two attached hydrogens (primary N) is 1. The smallest absolute Gasteiger partial charge is 0.224 e. The number of hydrogen-bond donors (Lipinski definition) is 2. The zero-order valence-electron chi connectivity index (χ0n) is 9.84. The van der Waals surface area contributed by atoms with Gasteiger partial charge in [-0.2, -0.15) is 0 Å². The number of nitrogen functional groups attached to an aromatic ring is 1. The third-order valence-corrected chi connectivity index (χ3v) is 2.45. The van der Waals surface area contributed by atoms with Crippen molar-refractivity contribution < 1.29 is 4.79 Å². The number of rotatable bonds is 4. The van der Waals surface area contributed by atoms with Gasteiger partial charge in [-0.05, 0) is 23.8 Å². The van der Waals surface area contributed by atoms with E-state index in [-0.39, 0.29) is 5.91 Å². The largest absolute Gasteiger partial charge is 0.399 e. The number of hydrogen-bond acceptors (Lipinski definition) is 4. The van der Waals surface area contributed by atoms with Gasteiger partial charge in [0.25, 0.3) is 0 Å². The van der Waals surface area contributed by atoms with Crippen LogP contribution in [0.15, 0.2) is 42.9 Å². The van der Waals surface area contributed by atoms with Gasteiger partial charge < -0.3 is 11.1 Å². The summed E-state index contributed by atoms with van der Waals surface area (Å²) in [6.07, 6.45) is 3.45. The molecule has 0 atom stereocenters. The summed E-state index contributed by atoms with van der Waals surface area (Å²) in [4.78, 5) is 19.5. The van der Waals surface area contributed by atoms with Crippen molar-refractivity contribution in [2.75, 3.05) is 5.73 Å². The van der Waals surface area contributed by atoms with Crippen molar-refractivity contribution in [2.24, 2.45) is 0 Å². The second-order valence-corrected chi connectivity index (χ2v) is 3.90. The average Bonchev–Trinajstić information content (AvgIpc) is 2.40. The van der Waals surface area contributed by atoms with Gasteiger partial charge in [-0.1, -0.05) is 12.1 Å². The highest BCUT2D eigenvalue weighted by molar-refractivity contribution is 5.78. The molecule has 0 aliphatic heterocycles. The van der Waals surface area contributed by atoms with Crippen molar-refractivity contribution in [1.82, 2.24) is 15.3 Å². The highest BCUT2D eigenvalue weighted by Crippen LogP contribution is 2.06. The third kappa shape index (κ3) is 3.55. The van der Waals surface area contributed by atoms with E-state index < -0.39 is 0 Å². The maximum Gasteiger partial charge on any atom is 0.224 e. The Morgan fingerprint density at radius 2 is 2.00 bits per heavy atom. The number of anilines is 1. The first-order valence-electron chi connectivity index (χ1n) is 5.60. The Kier molecular flexibility index (Phi) is 3.86. The topological polar surface area (TPSA) is 80.9 Å². The molecule has 0 aliphatic rings. The van der Waals surface area contributed by atoms with E-state index in [0.717, 1.165) is 11.3 Å². The summed E-state index contributed by atoms with van der Waals surface area (Å²) < 4.78 is 0. The van der Waals surface area contributed by atoms with Gasteiger partial charge in [0.15, 0.2) is 0 Å². The lowest BCUT2D eigenvalue weighted by Gasteiger charge is -2.05. The molecule has 0 saturated carbocycles. The van der Waals surface area contributed by atoms with E-state index in [0.29, 0.717) is 18.7 Å². The minimum Gasteiger partial charge on any atom is -0.399 e. The number of amides is 1. The summed E-state index contributed by atoms with van der Waals surface area (Å²) in [5.74, 6) is -0.0432. The average molecular weight is 242 g/mol. The fourth-order valence-corrected chi connectivity index (χ4v) is 1.50. The predicted octanol–water partition coefficient (Wildman–Crippen LogP) is 0.918. The molecule has 0 aliphatic carbocycles. The van der Waals surface area contributed by atoms with E-state index in [1.807, 2.05) is 12.1 Å². The van der Waals surface area contributed by atoms with Crippen molar-refractivity contribution >= 4 is 11.6 Å². The van der Waals surface area contributed by atoms with E-state index in [1.54, 1.807) is 24.4 Å². The normalized spacial score (nSPS) is 10.0. The predicted molar refractivity (Wildman–Crippen MR) is 68.4 cm³/mol. The van der Waals surface area contributed by atoms with Gasteiger partial charge in [-0.25, -0.2) is 9.97 Å². The molecule has 0 fully saturated rings. The molecule has 0 bridgehead atoms. The maximum absolute atomic E-state index is 11.7. The summed E-state index contributed by atoms with van der Waals surface area (Å²) >= 11 is 0. The highest BCUT2D eigenvalue weighted by Gasteiger charge is 2.03. The minimum atomic E-state index is -0.0432. The minimum absolute atomic E-state index is 0.0432. The molecule has 2 rings (SSSR count).